The van der Waals surface area contributed by atoms with Gasteiger partial charge in [0.25, 0.3) is 0 Å². The first-order valence-electron chi connectivity index (χ1n) is 5.83. The van der Waals surface area contributed by atoms with E-state index in [2.05, 4.69) is 45.3 Å². The van der Waals surface area contributed by atoms with Gasteiger partial charge < -0.3 is 5.32 Å². The van der Waals surface area contributed by atoms with Crippen molar-refractivity contribution in [3.05, 3.63) is 57.8 Å². The highest BCUT2D eigenvalue weighted by molar-refractivity contribution is 9.10. The summed E-state index contributed by atoms with van der Waals surface area (Å²) in [7, 11) is 0. The lowest BCUT2D eigenvalue weighted by Gasteiger charge is -2.19. The van der Waals surface area contributed by atoms with Crippen LogP contribution in [-0.2, 0) is 0 Å². The fourth-order valence-electron chi connectivity index (χ4n) is 1.80. The molecule has 0 bridgehead atoms. The van der Waals surface area contributed by atoms with Gasteiger partial charge in [-0.1, -0.05) is 46.6 Å². The van der Waals surface area contributed by atoms with Gasteiger partial charge in [0.2, 0.25) is 0 Å². The lowest BCUT2D eigenvalue weighted by atomic mass is 10.0. The molecule has 1 aromatic heterocycles. The normalized spacial score (nSPS) is 12.2. The number of hydrogen-bond acceptors (Lipinski definition) is 2. The molecule has 0 radical (unpaired) electrons. The first kappa shape index (κ1) is 13.4. The summed E-state index contributed by atoms with van der Waals surface area (Å²) in [5, 5.41) is 3.93. The first-order valence-corrected chi connectivity index (χ1v) is 7.00. The van der Waals surface area contributed by atoms with Crippen molar-refractivity contribution >= 4 is 33.2 Å². The minimum Gasteiger partial charge on any atom is -0.376 e. The van der Waals surface area contributed by atoms with E-state index >= 15 is 0 Å². The van der Waals surface area contributed by atoms with Crippen LogP contribution < -0.4 is 5.32 Å². The zero-order valence-electron chi connectivity index (χ0n) is 10.0. The third kappa shape index (κ3) is 3.24. The van der Waals surface area contributed by atoms with Gasteiger partial charge in [0, 0.05) is 10.7 Å². The van der Waals surface area contributed by atoms with Gasteiger partial charge in [0.1, 0.15) is 0 Å². The van der Waals surface area contributed by atoms with E-state index in [1.807, 2.05) is 24.3 Å². The number of halogens is 2. The number of hydrogen-bond donors (Lipinski definition) is 1. The number of benzene rings is 1. The molecule has 1 N–H and O–H groups in total. The largest absolute Gasteiger partial charge is 0.376 e. The van der Waals surface area contributed by atoms with Crippen LogP contribution in [0.1, 0.15) is 24.9 Å². The van der Waals surface area contributed by atoms with Gasteiger partial charge in [0.15, 0.2) is 5.15 Å². The Morgan fingerprint density at radius 3 is 2.61 bits per heavy atom. The van der Waals surface area contributed by atoms with E-state index in [0.29, 0.717) is 5.15 Å². The molecule has 94 valence electrons. The van der Waals surface area contributed by atoms with E-state index in [1.165, 1.54) is 5.56 Å². The third-order valence-corrected chi connectivity index (χ3v) is 3.60. The van der Waals surface area contributed by atoms with Gasteiger partial charge in [-0.15, -0.1) is 0 Å². The molecule has 0 spiro atoms. The van der Waals surface area contributed by atoms with E-state index in [4.69, 9.17) is 11.6 Å². The zero-order valence-corrected chi connectivity index (χ0v) is 12.4. The second-order valence-electron chi connectivity index (χ2n) is 4.00. The van der Waals surface area contributed by atoms with Gasteiger partial charge in [-0.05, 0) is 36.2 Å². The van der Waals surface area contributed by atoms with Crippen molar-refractivity contribution in [1.29, 1.82) is 0 Å². The average molecular weight is 326 g/mol. The Balaban J connectivity index is 2.20. The minimum atomic E-state index is 0.236. The number of nitrogens with one attached hydrogen (secondary N) is 1. The van der Waals surface area contributed by atoms with E-state index in [1.54, 1.807) is 6.20 Å². The first-order chi connectivity index (χ1) is 8.70. The highest BCUT2D eigenvalue weighted by atomic mass is 79.9. The number of rotatable bonds is 4. The van der Waals surface area contributed by atoms with Crippen molar-refractivity contribution in [2.24, 2.45) is 0 Å². The molecule has 0 aliphatic rings. The Kier molecular flexibility index (Phi) is 4.61. The molecule has 0 saturated carbocycles. The quantitative estimate of drug-likeness (QED) is 0.795. The summed E-state index contributed by atoms with van der Waals surface area (Å²) in [6.45, 7) is 2.14. The van der Waals surface area contributed by atoms with Crippen LogP contribution in [0.25, 0.3) is 0 Å². The number of aromatic nitrogens is 1. The highest BCUT2D eigenvalue weighted by Gasteiger charge is 2.10. The zero-order chi connectivity index (χ0) is 13.0. The van der Waals surface area contributed by atoms with Crippen LogP contribution >= 0.6 is 27.5 Å². The molecule has 0 saturated heterocycles. The lowest BCUT2D eigenvalue weighted by Crippen LogP contribution is -2.10. The smallest absolute Gasteiger partial charge is 0.152 e. The summed E-state index contributed by atoms with van der Waals surface area (Å²) in [6.07, 6.45) is 2.67. The standard InChI is InChI=1S/C14H14BrClN2/c1-2-12(10-5-7-11(15)8-6-10)18-13-4-3-9-17-14(13)16/h3-9,12,18H,2H2,1H3. The molecule has 1 atom stereocenters. The minimum absolute atomic E-state index is 0.236. The number of pyridine rings is 1. The molecule has 18 heavy (non-hydrogen) atoms. The van der Waals surface area contributed by atoms with E-state index in [9.17, 15) is 0 Å². The summed E-state index contributed by atoms with van der Waals surface area (Å²) in [5.74, 6) is 0. The van der Waals surface area contributed by atoms with Crippen molar-refractivity contribution in [2.45, 2.75) is 19.4 Å². The SMILES string of the molecule is CCC(Nc1cccnc1Cl)c1ccc(Br)cc1. The second-order valence-corrected chi connectivity index (χ2v) is 5.27. The molecule has 2 rings (SSSR count). The van der Waals surface area contributed by atoms with Crippen molar-refractivity contribution in [3.63, 3.8) is 0 Å². The van der Waals surface area contributed by atoms with Crippen LogP contribution in [0.4, 0.5) is 5.69 Å². The predicted octanol–water partition coefficient (Wildman–Crippen LogP) is 5.06. The summed E-state index contributed by atoms with van der Waals surface area (Å²) in [4.78, 5) is 4.07. The molecule has 4 heteroatoms. The van der Waals surface area contributed by atoms with Gasteiger partial charge in [-0.25, -0.2) is 4.98 Å². The lowest BCUT2D eigenvalue weighted by molar-refractivity contribution is 0.748. The van der Waals surface area contributed by atoms with Gasteiger partial charge >= 0.3 is 0 Å². The summed E-state index contributed by atoms with van der Waals surface area (Å²) >= 11 is 9.50. The Morgan fingerprint density at radius 1 is 1.28 bits per heavy atom. The Labute approximate surface area is 121 Å². The summed E-state index contributed by atoms with van der Waals surface area (Å²) in [6, 6.07) is 12.4. The molecule has 1 heterocycles. The number of anilines is 1. The Bertz CT molecular complexity index is 513. The van der Waals surface area contributed by atoms with Crippen LogP contribution in [0, 0.1) is 0 Å². The average Bonchev–Trinajstić information content (AvgIpc) is 2.39. The fraction of sp³-hybridized carbons (Fsp3) is 0.214. The third-order valence-electron chi connectivity index (χ3n) is 2.77. The van der Waals surface area contributed by atoms with Crippen molar-refractivity contribution in [2.75, 3.05) is 5.32 Å². The van der Waals surface area contributed by atoms with Crippen molar-refractivity contribution < 1.29 is 0 Å². The second kappa shape index (κ2) is 6.21. The van der Waals surface area contributed by atoms with Crippen molar-refractivity contribution in [3.8, 4) is 0 Å². The monoisotopic (exact) mass is 324 g/mol. The molecule has 1 unspecified atom stereocenters. The van der Waals surface area contributed by atoms with Crippen LogP contribution in [0.5, 0.6) is 0 Å². The van der Waals surface area contributed by atoms with Gasteiger partial charge in [-0.3, -0.25) is 0 Å². The Hall–Kier alpha value is -1.06. The topological polar surface area (TPSA) is 24.9 Å². The van der Waals surface area contributed by atoms with Crippen LogP contribution in [0.3, 0.4) is 0 Å². The molecule has 0 fully saturated rings. The fourth-order valence-corrected chi connectivity index (χ4v) is 2.24. The predicted molar refractivity (Wildman–Crippen MR) is 80.0 cm³/mol. The van der Waals surface area contributed by atoms with Gasteiger partial charge in [-0.2, -0.15) is 0 Å². The molecular formula is C14H14BrClN2. The Morgan fingerprint density at radius 2 is 2.00 bits per heavy atom. The van der Waals surface area contributed by atoms with Gasteiger partial charge in [0.05, 0.1) is 11.7 Å². The molecular weight excluding hydrogens is 312 g/mol. The summed E-state index contributed by atoms with van der Waals surface area (Å²) < 4.78 is 1.08. The molecule has 0 aliphatic carbocycles. The molecule has 0 aliphatic heterocycles. The molecule has 2 aromatic rings. The molecule has 1 aromatic carbocycles. The maximum atomic E-state index is 6.06. The van der Waals surface area contributed by atoms with Crippen LogP contribution in [0.2, 0.25) is 5.15 Å². The molecule has 0 amide bonds. The summed E-state index contributed by atoms with van der Waals surface area (Å²) in [5.41, 5.74) is 2.11. The number of nitrogens with zero attached hydrogens (tertiary/aromatic N) is 1. The van der Waals surface area contributed by atoms with E-state index in [0.717, 1.165) is 16.6 Å². The van der Waals surface area contributed by atoms with Crippen LogP contribution in [-0.4, -0.2) is 4.98 Å². The maximum Gasteiger partial charge on any atom is 0.152 e. The van der Waals surface area contributed by atoms with Crippen molar-refractivity contribution in [1.82, 2.24) is 4.98 Å². The van der Waals surface area contributed by atoms with E-state index < -0.39 is 0 Å². The van der Waals surface area contributed by atoms with Crippen LogP contribution in [0.15, 0.2) is 47.1 Å². The van der Waals surface area contributed by atoms with E-state index in [-0.39, 0.29) is 6.04 Å². The maximum absolute atomic E-state index is 6.06. The highest BCUT2D eigenvalue weighted by Crippen LogP contribution is 2.27. The molecule has 2 nitrogen and oxygen atoms in total.